The number of piperidine rings is 2. The summed E-state index contributed by atoms with van der Waals surface area (Å²) in [5.41, 5.74) is 11.8. The molecule has 70 heavy (non-hydrogen) atoms. The Bertz CT molecular complexity index is 2930. The van der Waals surface area contributed by atoms with E-state index in [1.54, 1.807) is 12.4 Å². The van der Waals surface area contributed by atoms with E-state index >= 15 is 0 Å². The third-order valence-electron chi connectivity index (χ3n) is 15.0. The van der Waals surface area contributed by atoms with Crippen LogP contribution in [-0.4, -0.2) is 93.2 Å². The summed E-state index contributed by atoms with van der Waals surface area (Å²) < 4.78 is 16.1. The summed E-state index contributed by atoms with van der Waals surface area (Å²) in [5.74, 6) is 4.29. The monoisotopic (exact) mass is 941 g/mol. The molecule has 7 heterocycles. The standard InChI is InChI=1S/C31H35N5O2.C27H33N3O2/c1-3-38-25-8-5-23(6-9-25)20-36-28-10-7-24(30(37)34-16-11-22(2)12-17-34)19-26(28)27-21-35(18-13-29(27)36)31-32-14-4-15-33-31;1-3-32-22-7-4-20(5-8-22)18-30-25-9-6-21(27(31)29-14-11-19(2)12-15-29)16-23(25)24-17-28-13-10-26(24)30/h4-10,14-15,19,22H,3,11-13,16-18,20-21H2,1-2H3;4-9,16,19,28H,3,10-15,17-18H2,1-2H3. The van der Waals surface area contributed by atoms with Crippen LogP contribution >= 0.6 is 0 Å². The van der Waals surface area contributed by atoms with E-state index in [0.29, 0.717) is 19.1 Å². The molecule has 0 bridgehead atoms. The van der Waals surface area contributed by atoms with Crippen LogP contribution in [0.3, 0.4) is 0 Å². The lowest BCUT2D eigenvalue weighted by molar-refractivity contribution is 0.0689. The van der Waals surface area contributed by atoms with Gasteiger partial charge in [0.25, 0.3) is 11.8 Å². The second-order valence-corrected chi connectivity index (χ2v) is 19.7. The number of carbonyl (C=O) groups is 2. The number of anilines is 1. The number of amides is 2. The van der Waals surface area contributed by atoms with Crippen molar-refractivity contribution in [1.82, 2.24) is 34.2 Å². The van der Waals surface area contributed by atoms with Crippen LogP contribution in [0.15, 0.2) is 103 Å². The van der Waals surface area contributed by atoms with E-state index in [2.05, 4.69) is 104 Å². The zero-order chi connectivity index (χ0) is 48.1. The third kappa shape index (κ3) is 10.0. The van der Waals surface area contributed by atoms with E-state index < -0.39 is 0 Å². The minimum Gasteiger partial charge on any atom is -0.494 e. The SMILES string of the molecule is CCOc1ccc(Cn2c3c(c4cc(C(=O)N5CCC(C)CC5)ccc42)CN(c2ncccn2)CC3)cc1.CCOc1ccc(Cn2c3c(c4cc(C(=O)N5CCC(C)CC5)ccc42)CNCC3)cc1. The molecule has 0 atom stereocenters. The molecule has 12 heteroatoms. The molecule has 11 rings (SSSR count). The van der Waals surface area contributed by atoms with Crippen LogP contribution in [0.4, 0.5) is 5.95 Å². The molecule has 0 radical (unpaired) electrons. The van der Waals surface area contributed by atoms with Crippen LogP contribution in [0.5, 0.6) is 11.5 Å². The van der Waals surface area contributed by atoms with E-state index in [9.17, 15) is 9.59 Å². The van der Waals surface area contributed by atoms with Gasteiger partial charge in [-0.1, -0.05) is 38.1 Å². The predicted molar refractivity (Wildman–Crippen MR) is 278 cm³/mol. The quantitative estimate of drug-likeness (QED) is 0.137. The number of hydrogen-bond acceptors (Lipinski definition) is 8. The number of aromatic nitrogens is 4. The van der Waals surface area contributed by atoms with Gasteiger partial charge in [0.15, 0.2) is 0 Å². The fourth-order valence-corrected chi connectivity index (χ4v) is 11.0. The molecule has 4 aliphatic rings. The first kappa shape index (κ1) is 47.0. The zero-order valence-electron chi connectivity index (χ0n) is 41.5. The summed E-state index contributed by atoms with van der Waals surface area (Å²) in [5, 5.41) is 5.90. The zero-order valence-corrected chi connectivity index (χ0v) is 41.5. The van der Waals surface area contributed by atoms with Gasteiger partial charge in [-0.05, 0) is 135 Å². The Balaban J connectivity index is 0.000000165. The number of rotatable bonds is 11. The summed E-state index contributed by atoms with van der Waals surface area (Å²) in [6.07, 6.45) is 9.85. The minimum absolute atomic E-state index is 0.144. The predicted octanol–water partition coefficient (Wildman–Crippen LogP) is 9.92. The van der Waals surface area contributed by atoms with Crippen molar-refractivity contribution in [2.75, 3.05) is 57.4 Å². The molecule has 0 saturated carbocycles. The van der Waals surface area contributed by atoms with Crippen molar-refractivity contribution in [3.05, 3.63) is 148 Å². The molecule has 1 N–H and O–H groups in total. The molecule has 0 aliphatic carbocycles. The highest BCUT2D eigenvalue weighted by Gasteiger charge is 2.29. The topological polar surface area (TPSA) is 110 Å². The summed E-state index contributed by atoms with van der Waals surface area (Å²) in [7, 11) is 0. The van der Waals surface area contributed by atoms with Gasteiger partial charge in [-0.2, -0.15) is 0 Å². The lowest BCUT2D eigenvalue weighted by Crippen LogP contribution is -2.37. The van der Waals surface area contributed by atoms with Crippen molar-refractivity contribution in [1.29, 1.82) is 0 Å². The van der Waals surface area contributed by atoms with Crippen LogP contribution in [-0.2, 0) is 39.0 Å². The van der Waals surface area contributed by atoms with E-state index in [1.165, 1.54) is 50.1 Å². The van der Waals surface area contributed by atoms with Gasteiger partial charge in [0.2, 0.25) is 5.95 Å². The van der Waals surface area contributed by atoms with Gasteiger partial charge in [0.1, 0.15) is 11.5 Å². The average Bonchev–Trinajstić information content (AvgIpc) is 3.88. The molecule has 0 unspecified atom stereocenters. The number of hydrogen-bond donors (Lipinski definition) is 1. The number of likely N-dealkylation sites (tertiary alicyclic amines) is 2. The molecule has 4 aliphatic heterocycles. The molecule has 4 aromatic carbocycles. The van der Waals surface area contributed by atoms with Gasteiger partial charge in [0.05, 0.1) is 13.2 Å². The van der Waals surface area contributed by atoms with Crippen molar-refractivity contribution < 1.29 is 19.1 Å². The van der Waals surface area contributed by atoms with Gasteiger partial charge in [0, 0.05) is 141 Å². The smallest absolute Gasteiger partial charge is 0.253 e. The van der Waals surface area contributed by atoms with Crippen molar-refractivity contribution in [3.63, 3.8) is 0 Å². The number of fused-ring (bicyclic) bond motifs is 6. The lowest BCUT2D eigenvalue weighted by atomic mass is 9.98. The van der Waals surface area contributed by atoms with Gasteiger partial charge in [-0.25, -0.2) is 9.97 Å². The molecule has 2 fully saturated rings. The lowest BCUT2D eigenvalue weighted by Gasteiger charge is -2.30. The van der Waals surface area contributed by atoms with Crippen LogP contribution in [0.2, 0.25) is 0 Å². The Morgan fingerprint density at radius 1 is 0.614 bits per heavy atom. The molecule has 364 valence electrons. The Labute approximate surface area is 412 Å². The van der Waals surface area contributed by atoms with Crippen molar-refractivity contribution in [2.45, 2.75) is 92.4 Å². The number of ether oxygens (including phenoxy) is 2. The Kier molecular flexibility index (Phi) is 14.2. The Hall–Kier alpha value is -6.66. The average molecular weight is 941 g/mol. The highest BCUT2D eigenvalue weighted by atomic mass is 16.5. The molecule has 3 aromatic heterocycles. The molecule has 7 aromatic rings. The van der Waals surface area contributed by atoms with Crippen LogP contribution in [0, 0.1) is 11.8 Å². The highest BCUT2D eigenvalue weighted by molar-refractivity contribution is 6.00. The first-order valence-electron chi connectivity index (χ1n) is 25.8. The number of nitrogens with one attached hydrogen (secondary N) is 1. The van der Waals surface area contributed by atoms with Gasteiger partial charge in [-0.3, -0.25) is 9.59 Å². The third-order valence-corrected chi connectivity index (χ3v) is 15.0. The highest BCUT2D eigenvalue weighted by Crippen LogP contribution is 2.35. The van der Waals surface area contributed by atoms with E-state index in [1.807, 2.05) is 54.0 Å². The Morgan fingerprint density at radius 3 is 1.60 bits per heavy atom. The first-order chi connectivity index (χ1) is 34.2. The van der Waals surface area contributed by atoms with Crippen LogP contribution in [0.25, 0.3) is 21.8 Å². The van der Waals surface area contributed by atoms with Crippen LogP contribution in [0.1, 0.15) is 108 Å². The molecule has 0 spiro atoms. The summed E-state index contributed by atoms with van der Waals surface area (Å²) in [6, 6.07) is 31.2. The fourth-order valence-electron chi connectivity index (χ4n) is 11.0. The van der Waals surface area contributed by atoms with Crippen LogP contribution < -0.4 is 19.7 Å². The minimum atomic E-state index is 0.144. The maximum atomic E-state index is 13.5. The second-order valence-electron chi connectivity index (χ2n) is 19.7. The van der Waals surface area contributed by atoms with E-state index in [-0.39, 0.29) is 11.8 Å². The molecule has 2 saturated heterocycles. The Morgan fingerprint density at radius 2 is 1.10 bits per heavy atom. The fraction of sp³-hybridized carbons (Fsp3) is 0.414. The molecule has 2 amide bonds. The maximum absolute atomic E-state index is 13.5. The largest absolute Gasteiger partial charge is 0.494 e. The van der Waals surface area contributed by atoms with Crippen molar-refractivity contribution in [3.8, 4) is 11.5 Å². The summed E-state index contributed by atoms with van der Waals surface area (Å²) in [4.78, 5) is 42.0. The molecular formula is C58H68N8O4. The second kappa shape index (κ2) is 21.1. The summed E-state index contributed by atoms with van der Waals surface area (Å²) in [6.45, 7) is 18.4. The molecular weight excluding hydrogens is 873 g/mol. The molecule has 12 nitrogen and oxygen atoms in total. The number of benzene rings is 4. The van der Waals surface area contributed by atoms with Gasteiger partial charge >= 0.3 is 0 Å². The van der Waals surface area contributed by atoms with Gasteiger partial charge < -0.3 is 38.6 Å². The maximum Gasteiger partial charge on any atom is 0.253 e. The summed E-state index contributed by atoms with van der Waals surface area (Å²) >= 11 is 0. The van der Waals surface area contributed by atoms with Crippen molar-refractivity contribution in [2.24, 2.45) is 11.8 Å². The van der Waals surface area contributed by atoms with Crippen molar-refractivity contribution >= 4 is 39.6 Å². The first-order valence-corrected chi connectivity index (χ1v) is 25.8. The van der Waals surface area contributed by atoms with E-state index in [4.69, 9.17) is 9.47 Å². The van der Waals surface area contributed by atoms with Gasteiger partial charge in [-0.15, -0.1) is 0 Å². The van der Waals surface area contributed by atoms with E-state index in [0.717, 1.165) is 144 Å². The number of nitrogens with zero attached hydrogens (tertiary/aromatic N) is 7. The normalized spacial score (nSPS) is 16.4. The number of carbonyl (C=O) groups excluding carboxylic acids is 2.